The van der Waals surface area contributed by atoms with Gasteiger partial charge in [0.25, 0.3) is 0 Å². The molecule has 0 spiro atoms. The average Bonchev–Trinajstić information content (AvgIpc) is 2.42. The van der Waals surface area contributed by atoms with E-state index in [1.165, 1.54) is 18.5 Å². The van der Waals surface area contributed by atoms with Gasteiger partial charge in [0.05, 0.1) is 0 Å². The van der Waals surface area contributed by atoms with E-state index >= 15 is 0 Å². The van der Waals surface area contributed by atoms with Crippen molar-refractivity contribution in [1.82, 2.24) is 9.97 Å². The summed E-state index contributed by atoms with van der Waals surface area (Å²) in [7, 11) is 0. The molecule has 0 aliphatic rings. The van der Waals surface area contributed by atoms with Crippen molar-refractivity contribution in [3.8, 4) is 0 Å². The minimum absolute atomic E-state index is 0.254. The number of unbranched alkanes of at least 4 members (excludes halogenated alkanes) is 1. The lowest BCUT2D eigenvalue weighted by molar-refractivity contribution is 0.628. The van der Waals surface area contributed by atoms with Crippen molar-refractivity contribution in [1.29, 1.82) is 0 Å². The first-order valence-electron chi connectivity index (χ1n) is 6.36. The van der Waals surface area contributed by atoms with Crippen molar-refractivity contribution in [3.05, 3.63) is 42.5 Å². The van der Waals surface area contributed by atoms with E-state index in [9.17, 15) is 4.39 Å². The summed E-state index contributed by atoms with van der Waals surface area (Å²) >= 11 is 0. The van der Waals surface area contributed by atoms with E-state index < -0.39 is 0 Å². The van der Waals surface area contributed by atoms with Crippen LogP contribution in [0.1, 0.15) is 19.8 Å². The van der Waals surface area contributed by atoms with E-state index in [1.807, 2.05) is 6.07 Å². The van der Waals surface area contributed by atoms with Crippen LogP contribution in [-0.2, 0) is 0 Å². The van der Waals surface area contributed by atoms with Crippen LogP contribution in [0.4, 0.5) is 21.7 Å². The van der Waals surface area contributed by atoms with Gasteiger partial charge in [-0.2, -0.15) is 0 Å². The molecule has 0 saturated carbocycles. The van der Waals surface area contributed by atoms with Gasteiger partial charge in [-0.15, -0.1) is 0 Å². The van der Waals surface area contributed by atoms with Crippen LogP contribution in [0.25, 0.3) is 0 Å². The predicted octanol–water partition coefficient (Wildman–Crippen LogP) is 3.57. The fraction of sp³-hybridized carbons (Fsp3) is 0.286. The van der Waals surface area contributed by atoms with Crippen LogP contribution >= 0.6 is 0 Å². The highest BCUT2D eigenvalue weighted by molar-refractivity contribution is 5.58. The molecule has 5 heteroatoms. The van der Waals surface area contributed by atoms with Crippen molar-refractivity contribution < 1.29 is 4.39 Å². The van der Waals surface area contributed by atoms with E-state index in [-0.39, 0.29) is 5.82 Å². The normalized spacial score (nSPS) is 10.2. The summed E-state index contributed by atoms with van der Waals surface area (Å²) in [6.45, 7) is 3.03. The topological polar surface area (TPSA) is 49.8 Å². The number of hydrogen-bond acceptors (Lipinski definition) is 4. The molecule has 0 bridgehead atoms. The van der Waals surface area contributed by atoms with E-state index in [0.29, 0.717) is 5.82 Å². The van der Waals surface area contributed by atoms with E-state index in [0.717, 1.165) is 30.9 Å². The standard InChI is InChI=1S/C14H17FN4/c1-2-3-8-16-13-9-14(18-10-17-13)19-12-6-4-11(15)5-7-12/h4-7,9-10H,2-3,8H2,1H3,(H2,16,17,18,19). The van der Waals surface area contributed by atoms with Crippen molar-refractivity contribution >= 4 is 17.3 Å². The van der Waals surface area contributed by atoms with Gasteiger partial charge in [0.15, 0.2) is 0 Å². The number of nitrogens with one attached hydrogen (secondary N) is 2. The Morgan fingerprint density at radius 1 is 1.11 bits per heavy atom. The summed E-state index contributed by atoms with van der Waals surface area (Å²) in [5.41, 5.74) is 0.791. The number of hydrogen-bond donors (Lipinski definition) is 2. The average molecular weight is 260 g/mol. The molecule has 1 aromatic carbocycles. The molecule has 0 radical (unpaired) electrons. The van der Waals surface area contributed by atoms with Gasteiger partial charge in [0.1, 0.15) is 23.8 Å². The van der Waals surface area contributed by atoms with Crippen LogP contribution < -0.4 is 10.6 Å². The van der Waals surface area contributed by atoms with Crippen LogP contribution in [0.15, 0.2) is 36.7 Å². The molecule has 2 rings (SSSR count). The summed E-state index contributed by atoms with van der Waals surface area (Å²) in [6, 6.07) is 7.98. The highest BCUT2D eigenvalue weighted by Gasteiger charge is 1.99. The molecule has 0 atom stereocenters. The third-order valence-corrected chi connectivity index (χ3v) is 2.62. The molecule has 0 amide bonds. The van der Waals surface area contributed by atoms with Gasteiger partial charge in [0, 0.05) is 18.3 Å². The second-order valence-electron chi connectivity index (χ2n) is 4.20. The quantitative estimate of drug-likeness (QED) is 0.779. The minimum Gasteiger partial charge on any atom is -0.370 e. The number of halogens is 1. The molecular formula is C14H17FN4. The molecule has 0 fully saturated rings. The first-order chi connectivity index (χ1) is 9.28. The van der Waals surface area contributed by atoms with Gasteiger partial charge >= 0.3 is 0 Å². The third-order valence-electron chi connectivity index (χ3n) is 2.62. The summed E-state index contributed by atoms with van der Waals surface area (Å²) in [5.74, 6) is 1.21. The number of benzene rings is 1. The molecule has 1 heterocycles. The zero-order valence-electron chi connectivity index (χ0n) is 10.9. The van der Waals surface area contributed by atoms with Crippen LogP contribution in [0.3, 0.4) is 0 Å². The van der Waals surface area contributed by atoms with Crippen molar-refractivity contribution in [3.63, 3.8) is 0 Å². The molecular weight excluding hydrogens is 243 g/mol. The van der Waals surface area contributed by atoms with Crippen LogP contribution in [0.5, 0.6) is 0 Å². The largest absolute Gasteiger partial charge is 0.370 e. The monoisotopic (exact) mass is 260 g/mol. The Morgan fingerprint density at radius 3 is 2.58 bits per heavy atom. The SMILES string of the molecule is CCCCNc1cc(Nc2ccc(F)cc2)ncn1. The van der Waals surface area contributed by atoms with Crippen molar-refractivity contribution in [2.45, 2.75) is 19.8 Å². The van der Waals surface area contributed by atoms with Gasteiger partial charge in [-0.3, -0.25) is 0 Å². The molecule has 100 valence electrons. The van der Waals surface area contributed by atoms with Crippen molar-refractivity contribution in [2.75, 3.05) is 17.2 Å². The Labute approximate surface area is 112 Å². The molecule has 19 heavy (non-hydrogen) atoms. The molecule has 1 aromatic heterocycles. The summed E-state index contributed by atoms with van der Waals surface area (Å²) in [4.78, 5) is 8.27. The summed E-state index contributed by atoms with van der Waals surface area (Å²) in [6.07, 6.45) is 3.74. The Kier molecular flexibility index (Phi) is 4.66. The summed E-state index contributed by atoms with van der Waals surface area (Å²) < 4.78 is 12.8. The second-order valence-corrected chi connectivity index (χ2v) is 4.20. The molecule has 2 aromatic rings. The molecule has 0 saturated heterocycles. The minimum atomic E-state index is -0.254. The van der Waals surface area contributed by atoms with E-state index in [1.54, 1.807) is 12.1 Å². The smallest absolute Gasteiger partial charge is 0.135 e. The lowest BCUT2D eigenvalue weighted by atomic mass is 10.3. The first-order valence-corrected chi connectivity index (χ1v) is 6.36. The third kappa shape index (κ3) is 4.21. The number of rotatable bonds is 6. The highest BCUT2D eigenvalue weighted by Crippen LogP contribution is 2.16. The van der Waals surface area contributed by atoms with Gasteiger partial charge < -0.3 is 10.6 Å². The van der Waals surface area contributed by atoms with Gasteiger partial charge in [-0.25, -0.2) is 14.4 Å². The van der Waals surface area contributed by atoms with Gasteiger partial charge in [0.2, 0.25) is 0 Å². The maximum Gasteiger partial charge on any atom is 0.135 e. The van der Waals surface area contributed by atoms with Gasteiger partial charge in [-0.1, -0.05) is 13.3 Å². The maximum absolute atomic E-state index is 12.8. The molecule has 4 nitrogen and oxygen atoms in total. The molecule has 0 aliphatic carbocycles. The molecule has 0 unspecified atom stereocenters. The van der Waals surface area contributed by atoms with Gasteiger partial charge in [-0.05, 0) is 30.7 Å². The Morgan fingerprint density at radius 2 is 1.84 bits per heavy atom. The maximum atomic E-state index is 12.8. The Balaban J connectivity index is 2.00. The summed E-state index contributed by atoms with van der Waals surface area (Å²) in [5, 5.41) is 6.33. The lowest BCUT2D eigenvalue weighted by Gasteiger charge is -2.08. The lowest BCUT2D eigenvalue weighted by Crippen LogP contribution is -2.04. The second kappa shape index (κ2) is 6.68. The predicted molar refractivity (Wildman–Crippen MR) is 75.1 cm³/mol. The van der Waals surface area contributed by atoms with E-state index in [4.69, 9.17) is 0 Å². The number of anilines is 3. The van der Waals surface area contributed by atoms with Crippen LogP contribution in [-0.4, -0.2) is 16.5 Å². The van der Waals surface area contributed by atoms with E-state index in [2.05, 4.69) is 27.5 Å². The van der Waals surface area contributed by atoms with Crippen LogP contribution in [0, 0.1) is 5.82 Å². The van der Waals surface area contributed by atoms with Crippen LogP contribution in [0.2, 0.25) is 0 Å². The Hall–Kier alpha value is -2.17. The Bertz CT molecular complexity index is 513. The molecule has 2 N–H and O–H groups in total. The van der Waals surface area contributed by atoms with Crippen molar-refractivity contribution in [2.24, 2.45) is 0 Å². The fourth-order valence-corrected chi connectivity index (χ4v) is 1.60. The zero-order chi connectivity index (χ0) is 13.5. The first kappa shape index (κ1) is 13.3. The number of aromatic nitrogens is 2. The highest BCUT2D eigenvalue weighted by atomic mass is 19.1. The number of nitrogens with zero attached hydrogens (tertiary/aromatic N) is 2. The zero-order valence-corrected chi connectivity index (χ0v) is 10.9. The molecule has 0 aliphatic heterocycles. The fourth-order valence-electron chi connectivity index (χ4n) is 1.60.